The lowest BCUT2D eigenvalue weighted by molar-refractivity contribution is 0.194. The van der Waals surface area contributed by atoms with Crippen LogP contribution in [0.1, 0.15) is 29.3 Å². The minimum atomic E-state index is -0.889. The summed E-state index contributed by atoms with van der Waals surface area (Å²) >= 11 is 0. The van der Waals surface area contributed by atoms with Crippen LogP contribution in [-0.2, 0) is 0 Å². The summed E-state index contributed by atoms with van der Waals surface area (Å²) in [4.78, 5) is 10.6. The third kappa shape index (κ3) is 2.66. The number of aryl methyl sites for hydroxylation is 2. The fourth-order valence-corrected chi connectivity index (χ4v) is 2.72. The minimum absolute atomic E-state index is 0.271. The molecule has 1 aromatic carbocycles. The number of nitrogens with zero attached hydrogens (tertiary/aromatic N) is 3. The van der Waals surface area contributed by atoms with Crippen molar-refractivity contribution in [2.24, 2.45) is 0 Å². The molecule has 0 bridgehead atoms. The average molecular weight is 305 g/mol. The highest BCUT2D eigenvalue weighted by atomic mass is 19.2. The molecule has 1 N–H and O–H groups in total. The molecule has 0 saturated carbocycles. The molecule has 0 spiro atoms. The van der Waals surface area contributed by atoms with Gasteiger partial charge in [-0.05, 0) is 43.5 Å². The molecule has 3 rings (SSSR count). The number of anilines is 1. The van der Waals surface area contributed by atoms with Crippen LogP contribution in [0.25, 0.3) is 0 Å². The summed E-state index contributed by atoms with van der Waals surface area (Å²) < 4.78 is 26.6. The number of rotatable bonds is 2. The van der Waals surface area contributed by atoms with E-state index in [1.54, 1.807) is 6.20 Å². The van der Waals surface area contributed by atoms with Gasteiger partial charge in [-0.3, -0.25) is 0 Å². The maximum absolute atomic E-state index is 13.5. The number of hydrogen-bond donors (Lipinski definition) is 1. The van der Waals surface area contributed by atoms with Crippen LogP contribution < -0.4 is 4.90 Å². The van der Waals surface area contributed by atoms with Crippen molar-refractivity contribution in [3.8, 4) is 0 Å². The van der Waals surface area contributed by atoms with E-state index in [0.29, 0.717) is 24.5 Å². The standard InChI is InChI=1S/C16H17F2N3O/c1-9-7-19-16(20-10(9)2)21-8-12(22)6-15(21)11-3-4-13(17)14(18)5-11/h3-5,7,12,15,22H,6,8H2,1-2H3/t12-,15-/m0/s1. The van der Waals surface area contributed by atoms with Gasteiger partial charge in [0.25, 0.3) is 0 Å². The van der Waals surface area contributed by atoms with Gasteiger partial charge in [0.15, 0.2) is 11.6 Å². The molecule has 0 radical (unpaired) electrons. The molecular weight excluding hydrogens is 288 g/mol. The largest absolute Gasteiger partial charge is 0.391 e. The van der Waals surface area contributed by atoms with Crippen LogP contribution in [0.15, 0.2) is 24.4 Å². The summed E-state index contributed by atoms with van der Waals surface area (Å²) in [6.45, 7) is 4.18. The quantitative estimate of drug-likeness (QED) is 0.927. The lowest BCUT2D eigenvalue weighted by Crippen LogP contribution is -2.26. The van der Waals surface area contributed by atoms with E-state index in [4.69, 9.17) is 0 Å². The van der Waals surface area contributed by atoms with E-state index in [0.717, 1.165) is 17.3 Å². The maximum atomic E-state index is 13.5. The molecule has 1 saturated heterocycles. The third-order valence-electron chi connectivity index (χ3n) is 4.08. The first-order valence-electron chi connectivity index (χ1n) is 7.15. The minimum Gasteiger partial charge on any atom is -0.391 e. The third-order valence-corrected chi connectivity index (χ3v) is 4.08. The van der Waals surface area contributed by atoms with Gasteiger partial charge in [-0.25, -0.2) is 18.7 Å². The van der Waals surface area contributed by atoms with Crippen molar-refractivity contribution in [2.75, 3.05) is 11.4 Å². The highest BCUT2D eigenvalue weighted by Crippen LogP contribution is 2.35. The van der Waals surface area contributed by atoms with E-state index in [9.17, 15) is 13.9 Å². The van der Waals surface area contributed by atoms with Crippen LogP contribution in [0.2, 0.25) is 0 Å². The normalized spacial score (nSPS) is 21.4. The molecule has 0 amide bonds. The van der Waals surface area contributed by atoms with Crippen molar-refractivity contribution in [3.63, 3.8) is 0 Å². The van der Waals surface area contributed by atoms with Gasteiger partial charge in [-0.2, -0.15) is 0 Å². The fraction of sp³-hybridized carbons (Fsp3) is 0.375. The Morgan fingerprint density at radius 3 is 2.68 bits per heavy atom. The number of aliphatic hydroxyl groups is 1. The van der Waals surface area contributed by atoms with Crippen molar-refractivity contribution in [1.29, 1.82) is 0 Å². The monoisotopic (exact) mass is 305 g/mol. The van der Waals surface area contributed by atoms with E-state index in [-0.39, 0.29) is 6.04 Å². The predicted octanol–water partition coefficient (Wildman–Crippen LogP) is 2.68. The Hall–Kier alpha value is -2.08. The van der Waals surface area contributed by atoms with Crippen LogP contribution in [0.3, 0.4) is 0 Å². The molecule has 116 valence electrons. The van der Waals surface area contributed by atoms with Gasteiger partial charge in [0.2, 0.25) is 5.95 Å². The van der Waals surface area contributed by atoms with Crippen LogP contribution >= 0.6 is 0 Å². The zero-order valence-electron chi connectivity index (χ0n) is 12.4. The van der Waals surface area contributed by atoms with E-state index >= 15 is 0 Å². The number of aromatic nitrogens is 2. The molecule has 0 unspecified atom stereocenters. The zero-order valence-corrected chi connectivity index (χ0v) is 12.4. The number of β-amino-alcohol motifs (C(OH)–C–C–N with tert-alkyl or cyclic N) is 1. The van der Waals surface area contributed by atoms with Gasteiger partial charge in [-0.1, -0.05) is 6.07 Å². The van der Waals surface area contributed by atoms with Crippen molar-refractivity contribution in [2.45, 2.75) is 32.4 Å². The van der Waals surface area contributed by atoms with Crippen LogP contribution in [0, 0.1) is 25.5 Å². The highest BCUT2D eigenvalue weighted by molar-refractivity contribution is 5.40. The van der Waals surface area contributed by atoms with Gasteiger partial charge in [0.05, 0.1) is 12.1 Å². The molecule has 0 aliphatic carbocycles. The molecule has 1 aliphatic rings. The molecule has 1 aliphatic heterocycles. The Morgan fingerprint density at radius 1 is 1.23 bits per heavy atom. The fourth-order valence-electron chi connectivity index (χ4n) is 2.72. The summed E-state index contributed by atoms with van der Waals surface area (Å²) in [5, 5.41) is 9.98. The topological polar surface area (TPSA) is 49.2 Å². The first-order valence-corrected chi connectivity index (χ1v) is 7.15. The number of hydrogen-bond acceptors (Lipinski definition) is 4. The second-order valence-electron chi connectivity index (χ2n) is 5.67. The molecule has 4 nitrogen and oxygen atoms in total. The Kier molecular flexibility index (Phi) is 3.78. The number of halogens is 2. The van der Waals surface area contributed by atoms with Crippen LogP contribution in [0.4, 0.5) is 14.7 Å². The second-order valence-corrected chi connectivity index (χ2v) is 5.67. The molecule has 1 fully saturated rings. The lowest BCUT2D eigenvalue weighted by atomic mass is 10.0. The predicted molar refractivity (Wildman–Crippen MR) is 78.6 cm³/mol. The number of aliphatic hydroxyl groups excluding tert-OH is 1. The van der Waals surface area contributed by atoms with Crippen LogP contribution in [0.5, 0.6) is 0 Å². The Balaban J connectivity index is 1.98. The average Bonchev–Trinajstić information content (AvgIpc) is 2.87. The van der Waals surface area contributed by atoms with Crippen molar-refractivity contribution in [3.05, 3.63) is 52.9 Å². The Bertz CT molecular complexity index is 648. The van der Waals surface area contributed by atoms with E-state index in [2.05, 4.69) is 9.97 Å². The van der Waals surface area contributed by atoms with E-state index < -0.39 is 17.7 Å². The van der Waals surface area contributed by atoms with E-state index in [1.165, 1.54) is 12.1 Å². The van der Waals surface area contributed by atoms with Crippen molar-refractivity contribution in [1.82, 2.24) is 9.97 Å². The first kappa shape index (κ1) is 14.8. The van der Waals surface area contributed by atoms with Crippen LogP contribution in [-0.4, -0.2) is 27.7 Å². The van der Waals surface area contributed by atoms with Gasteiger partial charge in [0, 0.05) is 18.4 Å². The van der Waals surface area contributed by atoms with Gasteiger partial charge >= 0.3 is 0 Å². The first-order chi connectivity index (χ1) is 10.5. The van der Waals surface area contributed by atoms with Gasteiger partial charge in [-0.15, -0.1) is 0 Å². The summed E-state index contributed by atoms with van der Waals surface area (Å²) in [5.41, 5.74) is 2.44. The number of benzene rings is 1. The van der Waals surface area contributed by atoms with Gasteiger partial charge in [0.1, 0.15) is 0 Å². The molecule has 22 heavy (non-hydrogen) atoms. The molecule has 6 heteroatoms. The van der Waals surface area contributed by atoms with Gasteiger partial charge < -0.3 is 10.0 Å². The van der Waals surface area contributed by atoms with E-state index in [1.807, 2.05) is 18.7 Å². The molecule has 2 atom stereocenters. The zero-order chi connectivity index (χ0) is 15.9. The summed E-state index contributed by atoms with van der Waals surface area (Å²) in [7, 11) is 0. The van der Waals surface area contributed by atoms with Crippen molar-refractivity contribution < 1.29 is 13.9 Å². The summed E-state index contributed by atoms with van der Waals surface area (Å²) in [5.74, 6) is -1.27. The maximum Gasteiger partial charge on any atom is 0.226 e. The van der Waals surface area contributed by atoms with Crippen molar-refractivity contribution >= 4 is 5.95 Å². The molecule has 1 aromatic heterocycles. The molecule has 2 aromatic rings. The Labute approximate surface area is 127 Å². The highest BCUT2D eigenvalue weighted by Gasteiger charge is 2.34. The summed E-state index contributed by atoms with van der Waals surface area (Å²) in [6.07, 6.45) is 1.61. The molecule has 2 heterocycles. The summed E-state index contributed by atoms with van der Waals surface area (Å²) in [6, 6.07) is 3.54. The second kappa shape index (κ2) is 5.61. The SMILES string of the molecule is Cc1cnc(N2C[C@@H](O)C[C@H]2c2ccc(F)c(F)c2)nc1C. The molecular formula is C16H17F2N3O. The lowest BCUT2D eigenvalue weighted by Gasteiger charge is -2.25. The smallest absolute Gasteiger partial charge is 0.226 e. The Morgan fingerprint density at radius 2 is 2.00 bits per heavy atom.